The minimum atomic E-state index is -0.418. The quantitative estimate of drug-likeness (QED) is 0.247. The zero-order valence-electron chi connectivity index (χ0n) is 24.2. The maximum atomic E-state index is 12.7. The number of amides is 2. The highest BCUT2D eigenvalue weighted by Crippen LogP contribution is 2.23. The van der Waals surface area contributed by atoms with E-state index in [9.17, 15) is 14.4 Å². The molecule has 0 aromatic heterocycles. The lowest BCUT2D eigenvalue weighted by molar-refractivity contribution is -0.154. The minimum absolute atomic E-state index is 0.104. The van der Waals surface area contributed by atoms with Crippen LogP contribution >= 0.6 is 0 Å². The maximum Gasteiger partial charge on any atom is 0.414 e. The predicted molar refractivity (Wildman–Crippen MR) is 162 cm³/mol. The Balaban J connectivity index is 1.14. The average molecular weight is 572 g/mol. The monoisotopic (exact) mass is 571 g/mol. The van der Waals surface area contributed by atoms with Crippen molar-refractivity contribution in [3.8, 4) is 0 Å². The highest BCUT2D eigenvalue weighted by molar-refractivity contribution is 6.10. The number of amidine groups is 1. The fourth-order valence-electron chi connectivity index (χ4n) is 5.30. The number of aliphatic imine (C=N–C) groups is 1. The molecule has 2 fully saturated rings. The van der Waals surface area contributed by atoms with Crippen molar-refractivity contribution in [2.75, 3.05) is 44.2 Å². The van der Waals surface area contributed by atoms with Crippen LogP contribution < -0.4 is 10.6 Å². The smallest absolute Gasteiger partial charge is 0.414 e. The van der Waals surface area contributed by atoms with Gasteiger partial charge in [0.05, 0.1) is 12.6 Å². The zero-order valence-corrected chi connectivity index (χ0v) is 24.2. The third-order valence-electron chi connectivity index (χ3n) is 7.68. The lowest BCUT2D eigenvalue weighted by Crippen LogP contribution is -2.53. The second-order valence-electron chi connectivity index (χ2n) is 11.0. The Kier molecular flexibility index (Phi) is 8.84. The molecular formula is C32H37N5O5. The molecule has 2 aliphatic rings. The van der Waals surface area contributed by atoms with Crippen LogP contribution in [0, 0.1) is 0 Å². The number of hydrogen-bond donors (Lipinski definition) is 1. The van der Waals surface area contributed by atoms with Crippen molar-refractivity contribution in [3.63, 3.8) is 0 Å². The Morgan fingerprint density at radius 3 is 2.31 bits per heavy atom. The number of carbonyl (C=O) groups is 3. The number of anilines is 1. The third-order valence-corrected chi connectivity index (χ3v) is 7.68. The molecule has 0 spiro atoms. The molecule has 220 valence electrons. The topological polar surface area (TPSA) is 118 Å². The molecule has 3 aromatic carbocycles. The molecule has 10 nitrogen and oxygen atoms in total. The van der Waals surface area contributed by atoms with Crippen LogP contribution in [0.25, 0.3) is 10.8 Å². The van der Waals surface area contributed by atoms with Crippen molar-refractivity contribution in [3.05, 3.63) is 77.9 Å². The number of piperazine rings is 1. The summed E-state index contributed by atoms with van der Waals surface area (Å²) in [5, 5.41) is 2.00. The number of ether oxygens (including phenoxy) is 2. The molecule has 2 aliphatic heterocycles. The first-order chi connectivity index (χ1) is 20.2. The molecule has 2 heterocycles. The molecule has 0 bridgehead atoms. The van der Waals surface area contributed by atoms with E-state index < -0.39 is 12.0 Å². The standard InChI is InChI=1S/C32H37N5O5/c1-21(2)41-31(39)22(3)36-16-14-35(15-17-36)19-28-20-37(32(40)42-28)27-12-10-24(11-13-27)29(33)34-30(38)26-9-8-23-6-4-5-7-25(23)18-26/h4-13,18,21-22,28H,14-17,19-20H2,1-3H3,(H2,33,34,38). The van der Waals surface area contributed by atoms with Gasteiger partial charge in [-0.3, -0.25) is 24.3 Å². The summed E-state index contributed by atoms with van der Waals surface area (Å²) in [5.41, 5.74) is 7.89. The van der Waals surface area contributed by atoms with Crippen LogP contribution in [-0.2, 0) is 14.3 Å². The molecule has 5 rings (SSSR count). The summed E-state index contributed by atoms with van der Waals surface area (Å²) in [5.74, 6) is -0.513. The number of fused-ring (bicyclic) bond motifs is 1. The Morgan fingerprint density at radius 2 is 1.62 bits per heavy atom. The van der Waals surface area contributed by atoms with E-state index in [0.29, 0.717) is 29.9 Å². The molecule has 0 aliphatic carbocycles. The first kappa shape index (κ1) is 29.2. The van der Waals surface area contributed by atoms with Crippen LogP contribution in [0.15, 0.2) is 71.7 Å². The first-order valence-corrected chi connectivity index (χ1v) is 14.3. The van der Waals surface area contributed by atoms with Crippen molar-refractivity contribution < 1.29 is 23.9 Å². The second-order valence-corrected chi connectivity index (χ2v) is 11.0. The molecule has 2 N–H and O–H groups in total. The highest BCUT2D eigenvalue weighted by Gasteiger charge is 2.35. The summed E-state index contributed by atoms with van der Waals surface area (Å²) < 4.78 is 11.0. The summed E-state index contributed by atoms with van der Waals surface area (Å²) in [6, 6.07) is 20.0. The van der Waals surface area contributed by atoms with Gasteiger partial charge in [-0.2, -0.15) is 4.99 Å². The molecule has 2 saturated heterocycles. The largest absolute Gasteiger partial charge is 0.462 e. The number of benzene rings is 3. The van der Waals surface area contributed by atoms with E-state index in [1.54, 1.807) is 41.3 Å². The van der Waals surface area contributed by atoms with Gasteiger partial charge >= 0.3 is 12.1 Å². The molecule has 42 heavy (non-hydrogen) atoms. The van der Waals surface area contributed by atoms with E-state index in [1.165, 1.54) is 0 Å². The van der Waals surface area contributed by atoms with E-state index >= 15 is 0 Å². The van der Waals surface area contributed by atoms with Crippen molar-refractivity contribution in [1.29, 1.82) is 0 Å². The van der Waals surface area contributed by atoms with Crippen LogP contribution in [0.1, 0.15) is 36.7 Å². The number of carbonyl (C=O) groups excluding carboxylic acids is 3. The van der Waals surface area contributed by atoms with Crippen LogP contribution in [0.3, 0.4) is 0 Å². The van der Waals surface area contributed by atoms with Gasteiger partial charge in [0, 0.05) is 49.5 Å². The highest BCUT2D eigenvalue weighted by atomic mass is 16.6. The van der Waals surface area contributed by atoms with E-state index in [4.69, 9.17) is 15.2 Å². The van der Waals surface area contributed by atoms with Crippen molar-refractivity contribution in [2.45, 2.75) is 39.0 Å². The second kappa shape index (κ2) is 12.7. The van der Waals surface area contributed by atoms with Crippen LogP contribution in [0.2, 0.25) is 0 Å². The summed E-state index contributed by atoms with van der Waals surface area (Å²) >= 11 is 0. The number of rotatable bonds is 8. The lowest BCUT2D eigenvalue weighted by atomic mass is 10.1. The van der Waals surface area contributed by atoms with E-state index in [2.05, 4.69) is 14.8 Å². The maximum absolute atomic E-state index is 12.7. The number of cyclic esters (lactones) is 1. The minimum Gasteiger partial charge on any atom is -0.462 e. The van der Waals surface area contributed by atoms with Crippen molar-refractivity contribution in [1.82, 2.24) is 9.80 Å². The summed E-state index contributed by atoms with van der Waals surface area (Å²) in [6.07, 6.45) is -0.795. The fourth-order valence-corrected chi connectivity index (χ4v) is 5.30. The third kappa shape index (κ3) is 6.78. The van der Waals surface area contributed by atoms with Crippen LogP contribution in [-0.4, -0.2) is 91.1 Å². The molecule has 2 atom stereocenters. The van der Waals surface area contributed by atoms with Crippen LogP contribution in [0.5, 0.6) is 0 Å². The molecule has 2 unspecified atom stereocenters. The summed E-state index contributed by atoms with van der Waals surface area (Å²) in [6.45, 7) is 9.67. The van der Waals surface area contributed by atoms with Gasteiger partial charge in [0.2, 0.25) is 0 Å². The molecular weight excluding hydrogens is 534 g/mol. The number of nitrogens with two attached hydrogens (primary N) is 1. The van der Waals surface area contributed by atoms with E-state index in [1.807, 2.05) is 51.1 Å². The summed E-state index contributed by atoms with van der Waals surface area (Å²) in [4.78, 5) is 47.8. The van der Waals surface area contributed by atoms with E-state index in [0.717, 1.165) is 37.0 Å². The Hall–Kier alpha value is -4.28. The molecule has 10 heteroatoms. The molecule has 0 saturated carbocycles. The van der Waals surface area contributed by atoms with Gasteiger partial charge < -0.3 is 15.2 Å². The zero-order chi connectivity index (χ0) is 29.8. The fraction of sp³-hybridized carbons (Fsp3) is 0.375. The lowest BCUT2D eigenvalue weighted by Gasteiger charge is -2.37. The summed E-state index contributed by atoms with van der Waals surface area (Å²) in [7, 11) is 0. The van der Waals surface area contributed by atoms with Gasteiger partial charge in [-0.15, -0.1) is 0 Å². The normalized spacial score (nSPS) is 19.2. The molecule has 2 amide bonds. The van der Waals surface area contributed by atoms with Crippen molar-refractivity contribution in [2.24, 2.45) is 10.7 Å². The van der Waals surface area contributed by atoms with Crippen molar-refractivity contribution >= 4 is 40.3 Å². The van der Waals surface area contributed by atoms with Crippen LogP contribution in [0.4, 0.5) is 10.5 Å². The number of esters is 1. The Labute approximate surface area is 245 Å². The number of hydrogen-bond acceptors (Lipinski definition) is 7. The molecule has 0 radical (unpaired) electrons. The molecule has 3 aromatic rings. The SMILES string of the molecule is CC(C)OC(=O)C(C)N1CCN(CC2CN(c3ccc(C(N)=NC(=O)c4ccc5ccccc5c4)cc3)C(=O)O2)CC1. The van der Waals surface area contributed by atoms with Gasteiger partial charge in [0.25, 0.3) is 5.91 Å². The Morgan fingerprint density at radius 1 is 0.952 bits per heavy atom. The van der Waals surface area contributed by atoms with Gasteiger partial charge in [0.15, 0.2) is 0 Å². The van der Waals surface area contributed by atoms with Gasteiger partial charge in [-0.1, -0.05) is 30.3 Å². The number of nitrogens with zero attached hydrogens (tertiary/aromatic N) is 4. The van der Waals surface area contributed by atoms with Gasteiger partial charge in [0.1, 0.15) is 18.0 Å². The first-order valence-electron chi connectivity index (χ1n) is 14.3. The average Bonchev–Trinajstić information content (AvgIpc) is 3.36. The van der Waals surface area contributed by atoms with Gasteiger partial charge in [-0.05, 0) is 67.9 Å². The van der Waals surface area contributed by atoms with Gasteiger partial charge in [-0.25, -0.2) is 4.79 Å². The Bertz CT molecular complexity index is 1480. The van der Waals surface area contributed by atoms with E-state index in [-0.39, 0.29) is 30.1 Å². The predicted octanol–water partition coefficient (Wildman–Crippen LogP) is 3.67.